The molecule has 0 bridgehead atoms. The predicted octanol–water partition coefficient (Wildman–Crippen LogP) is 4.37. The molecule has 0 atom stereocenters. The van der Waals surface area contributed by atoms with Crippen LogP contribution in [0.15, 0.2) is 48.5 Å². The van der Waals surface area contributed by atoms with Crippen molar-refractivity contribution in [1.29, 1.82) is 0 Å². The van der Waals surface area contributed by atoms with Crippen molar-refractivity contribution in [2.75, 3.05) is 23.7 Å². The molecule has 29 heavy (non-hydrogen) atoms. The van der Waals surface area contributed by atoms with Crippen LogP contribution in [0.5, 0.6) is 0 Å². The SMILES string of the molecule is CC(C)c1ccc(N(CCCC(=O)NCCc2ccc(Cl)cc2)S(C)(=O)=O)cc1. The normalized spacial score (nSPS) is 11.5. The zero-order valence-electron chi connectivity index (χ0n) is 17.2. The lowest BCUT2D eigenvalue weighted by Gasteiger charge is -2.23. The largest absolute Gasteiger partial charge is 0.356 e. The maximum absolute atomic E-state index is 12.2. The Kier molecular flexibility index (Phi) is 8.53. The van der Waals surface area contributed by atoms with Crippen molar-refractivity contribution in [1.82, 2.24) is 5.32 Å². The standard InChI is InChI=1S/C22H29ClN2O3S/c1-17(2)19-8-12-21(13-9-19)25(29(3,27)28)16-4-5-22(26)24-15-14-18-6-10-20(23)11-7-18/h6-13,17H,4-5,14-16H2,1-3H3,(H,24,26). The van der Waals surface area contributed by atoms with Crippen molar-refractivity contribution >= 4 is 33.2 Å². The monoisotopic (exact) mass is 436 g/mol. The summed E-state index contributed by atoms with van der Waals surface area (Å²) in [7, 11) is -3.41. The first-order valence-electron chi connectivity index (χ1n) is 9.75. The molecule has 0 heterocycles. The number of hydrogen-bond acceptors (Lipinski definition) is 3. The fourth-order valence-electron chi connectivity index (χ4n) is 2.98. The van der Waals surface area contributed by atoms with Crippen LogP contribution >= 0.6 is 11.6 Å². The fourth-order valence-corrected chi connectivity index (χ4v) is 4.07. The van der Waals surface area contributed by atoms with Gasteiger partial charge in [0.15, 0.2) is 0 Å². The minimum absolute atomic E-state index is 0.0810. The van der Waals surface area contributed by atoms with Gasteiger partial charge in [0.25, 0.3) is 0 Å². The van der Waals surface area contributed by atoms with Crippen LogP contribution in [-0.4, -0.2) is 33.7 Å². The molecule has 1 amide bonds. The van der Waals surface area contributed by atoms with Gasteiger partial charge in [-0.25, -0.2) is 8.42 Å². The molecule has 1 N–H and O–H groups in total. The Bertz CT molecular complexity index is 895. The van der Waals surface area contributed by atoms with Crippen LogP contribution in [-0.2, 0) is 21.2 Å². The highest BCUT2D eigenvalue weighted by atomic mass is 35.5. The Balaban J connectivity index is 1.83. The number of amides is 1. The summed E-state index contributed by atoms with van der Waals surface area (Å²) >= 11 is 5.86. The van der Waals surface area contributed by atoms with Crippen LogP contribution in [0.1, 0.15) is 43.7 Å². The molecule has 0 radical (unpaired) electrons. The van der Waals surface area contributed by atoms with E-state index in [1.165, 1.54) is 10.6 Å². The van der Waals surface area contributed by atoms with E-state index in [1.54, 1.807) is 0 Å². The highest BCUT2D eigenvalue weighted by molar-refractivity contribution is 7.92. The molecular weight excluding hydrogens is 408 g/mol. The second-order valence-corrected chi connectivity index (χ2v) is 9.75. The summed E-state index contributed by atoms with van der Waals surface area (Å²) in [5.74, 6) is 0.301. The van der Waals surface area contributed by atoms with Gasteiger partial charge in [-0.2, -0.15) is 0 Å². The number of nitrogens with zero attached hydrogens (tertiary/aromatic N) is 1. The number of carbonyl (C=O) groups excluding carboxylic acids is 1. The topological polar surface area (TPSA) is 66.5 Å². The van der Waals surface area contributed by atoms with Gasteiger partial charge in [0.05, 0.1) is 11.9 Å². The van der Waals surface area contributed by atoms with Gasteiger partial charge in [0.1, 0.15) is 0 Å². The summed E-state index contributed by atoms with van der Waals surface area (Å²) in [6.45, 7) is 4.99. The van der Waals surface area contributed by atoms with E-state index in [9.17, 15) is 13.2 Å². The quantitative estimate of drug-likeness (QED) is 0.601. The minimum atomic E-state index is -3.41. The molecular formula is C22H29ClN2O3S. The van der Waals surface area contributed by atoms with Crippen LogP contribution in [0.2, 0.25) is 5.02 Å². The number of hydrogen-bond donors (Lipinski definition) is 1. The number of halogens is 1. The Hall–Kier alpha value is -2.05. The van der Waals surface area contributed by atoms with Crippen molar-refractivity contribution in [2.24, 2.45) is 0 Å². The number of rotatable bonds is 10. The fraction of sp³-hybridized carbons (Fsp3) is 0.409. The van der Waals surface area contributed by atoms with Crippen LogP contribution in [0, 0.1) is 0 Å². The molecule has 2 aromatic carbocycles. The van der Waals surface area contributed by atoms with Gasteiger partial charge in [-0.05, 0) is 54.2 Å². The van der Waals surface area contributed by atoms with Gasteiger partial charge in [-0.1, -0.05) is 49.7 Å². The van der Waals surface area contributed by atoms with E-state index in [0.717, 1.165) is 17.5 Å². The molecule has 0 spiro atoms. The number of anilines is 1. The highest BCUT2D eigenvalue weighted by Gasteiger charge is 2.17. The van der Waals surface area contributed by atoms with Crippen LogP contribution in [0.4, 0.5) is 5.69 Å². The van der Waals surface area contributed by atoms with Crippen molar-refractivity contribution in [3.05, 3.63) is 64.7 Å². The van der Waals surface area contributed by atoms with E-state index in [4.69, 9.17) is 11.6 Å². The lowest BCUT2D eigenvalue weighted by molar-refractivity contribution is -0.121. The average Bonchev–Trinajstić information content (AvgIpc) is 2.66. The predicted molar refractivity (Wildman–Crippen MR) is 120 cm³/mol. The number of carbonyl (C=O) groups is 1. The number of sulfonamides is 1. The lowest BCUT2D eigenvalue weighted by Crippen LogP contribution is -2.32. The first-order valence-corrected chi connectivity index (χ1v) is 12.0. The molecule has 0 unspecified atom stereocenters. The Morgan fingerprint density at radius 3 is 2.24 bits per heavy atom. The Morgan fingerprint density at radius 2 is 1.69 bits per heavy atom. The van der Waals surface area contributed by atoms with E-state index in [-0.39, 0.29) is 18.9 Å². The zero-order valence-corrected chi connectivity index (χ0v) is 18.8. The van der Waals surface area contributed by atoms with Crippen molar-refractivity contribution < 1.29 is 13.2 Å². The van der Waals surface area contributed by atoms with Crippen molar-refractivity contribution in [2.45, 2.75) is 39.0 Å². The minimum Gasteiger partial charge on any atom is -0.356 e. The molecule has 5 nitrogen and oxygen atoms in total. The first kappa shape index (κ1) is 23.2. The summed E-state index contributed by atoms with van der Waals surface area (Å²) in [4.78, 5) is 12.1. The summed E-state index contributed by atoms with van der Waals surface area (Å²) in [6, 6.07) is 15.1. The highest BCUT2D eigenvalue weighted by Crippen LogP contribution is 2.22. The molecule has 0 aliphatic heterocycles. The van der Waals surface area contributed by atoms with Crippen molar-refractivity contribution in [3.63, 3.8) is 0 Å². The molecule has 2 rings (SSSR count). The summed E-state index contributed by atoms with van der Waals surface area (Å²) in [5.41, 5.74) is 2.88. The van der Waals surface area contributed by atoms with Gasteiger partial charge in [0.2, 0.25) is 15.9 Å². The molecule has 0 fully saturated rings. The second-order valence-electron chi connectivity index (χ2n) is 7.41. The van der Waals surface area contributed by atoms with E-state index >= 15 is 0 Å². The maximum Gasteiger partial charge on any atom is 0.232 e. The van der Waals surface area contributed by atoms with E-state index in [1.807, 2.05) is 48.5 Å². The molecule has 0 aliphatic rings. The average molecular weight is 437 g/mol. The number of benzene rings is 2. The third kappa shape index (κ3) is 7.71. The summed E-state index contributed by atoms with van der Waals surface area (Å²) in [5, 5.41) is 3.57. The molecule has 2 aromatic rings. The van der Waals surface area contributed by atoms with Crippen LogP contribution in [0.25, 0.3) is 0 Å². The Labute approximate surface area is 179 Å². The molecule has 0 saturated heterocycles. The Morgan fingerprint density at radius 1 is 1.07 bits per heavy atom. The van der Waals surface area contributed by atoms with Crippen LogP contribution in [0.3, 0.4) is 0 Å². The van der Waals surface area contributed by atoms with Crippen LogP contribution < -0.4 is 9.62 Å². The molecule has 0 aromatic heterocycles. The van der Waals surface area contributed by atoms with E-state index in [0.29, 0.717) is 29.6 Å². The third-order valence-electron chi connectivity index (χ3n) is 4.66. The second kappa shape index (κ2) is 10.6. The van der Waals surface area contributed by atoms with E-state index < -0.39 is 10.0 Å². The van der Waals surface area contributed by atoms with Gasteiger partial charge in [-0.15, -0.1) is 0 Å². The molecule has 0 saturated carbocycles. The lowest BCUT2D eigenvalue weighted by atomic mass is 10.0. The van der Waals surface area contributed by atoms with Gasteiger partial charge >= 0.3 is 0 Å². The first-order chi connectivity index (χ1) is 13.7. The molecule has 7 heteroatoms. The third-order valence-corrected chi connectivity index (χ3v) is 6.11. The van der Waals surface area contributed by atoms with Crippen molar-refractivity contribution in [3.8, 4) is 0 Å². The zero-order chi connectivity index (χ0) is 21.4. The molecule has 0 aliphatic carbocycles. The maximum atomic E-state index is 12.2. The van der Waals surface area contributed by atoms with Gasteiger partial charge in [0, 0.05) is 24.5 Å². The summed E-state index contributed by atoms with van der Waals surface area (Å²) in [6.07, 6.45) is 2.64. The van der Waals surface area contributed by atoms with Gasteiger partial charge in [-0.3, -0.25) is 9.10 Å². The number of nitrogens with one attached hydrogen (secondary N) is 1. The van der Waals surface area contributed by atoms with E-state index in [2.05, 4.69) is 19.2 Å². The smallest absolute Gasteiger partial charge is 0.232 e. The molecule has 158 valence electrons. The summed E-state index contributed by atoms with van der Waals surface area (Å²) < 4.78 is 25.7. The van der Waals surface area contributed by atoms with Gasteiger partial charge < -0.3 is 5.32 Å².